The van der Waals surface area contributed by atoms with Crippen molar-refractivity contribution in [3.05, 3.63) is 69.8 Å². The zero-order valence-corrected chi connectivity index (χ0v) is 14.0. The van der Waals surface area contributed by atoms with Crippen LogP contribution in [0.25, 0.3) is 0 Å². The number of nitro benzene ring substituents is 1. The number of carbonyl (C=O) groups is 1. The lowest BCUT2D eigenvalue weighted by Gasteiger charge is -2.30. The third-order valence-electron chi connectivity index (χ3n) is 4.43. The summed E-state index contributed by atoms with van der Waals surface area (Å²) >= 11 is 0. The van der Waals surface area contributed by atoms with Gasteiger partial charge in [-0.2, -0.15) is 0 Å². The predicted molar refractivity (Wildman–Crippen MR) is 96.8 cm³/mol. The molecule has 1 N–H and O–H groups in total. The molecular weight excluding hydrogens is 318 g/mol. The van der Waals surface area contributed by atoms with Gasteiger partial charge in [-0.1, -0.05) is 30.3 Å². The van der Waals surface area contributed by atoms with Crippen molar-refractivity contribution < 1.29 is 9.72 Å². The third-order valence-corrected chi connectivity index (χ3v) is 4.43. The summed E-state index contributed by atoms with van der Waals surface area (Å²) in [7, 11) is 0. The van der Waals surface area contributed by atoms with E-state index in [1.807, 2.05) is 30.3 Å². The highest BCUT2D eigenvalue weighted by atomic mass is 16.6. The van der Waals surface area contributed by atoms with E-state index in [4.69, 9.17) is 0 Å². The first-order valence-corrected chi connectivity index (χ1v) is 8.50. The van der Waals surface area contributed by atoms with Gasteiger partial charge < -0.3 is 10.2 Å². The third kappa shape index (κ3) is 4.15. The standard InChI is InChI=1S/C19H21N3O3/c23-19(20-14-15-7-3-1-4-8-15)17-13-16(22(24)25)9-10-18(17)21-11-5-2-6-12-21/h1,3-4,7-10,13H,2,5-6,11-12,14H2,(H,20,23). The van der Waals surface area contributed by atoms with Gasteiger partial charge in [0.2, 0.25) is 0 Å². The summed E-state index contributed by atoms with van der Waals surface area (Å²) in [5.74, 6) is -0.284. The lowest BCUT2D eigenvalue weighted by Crippen LogP contribution is -2.32. The Balaban J connectivity index is 1.84. The normalized spacial score (nSPS) is 14.2. The van der Waals surface area contributed by atoms with Crippen molar-refractivity contribution >= 4 is 17.3 Å². The monoisotopic (exact) mass is 339 g/mol. The number of anilines is 1. The van der Waals surface area contributed by atoms with Gasteiger partial charge in [-0.15, -0.1) is 0 Å². The zero-order chi connectivity index (χ0) is 17.6. The van der Waals surface area contributed by atoms with Crippen LogP contribution in [-0.2, 0) is 6.54 Å². The van der Waals surface area contributed by atoms with Crippen molar-refractivity contribution in [1.82, 2.24) is 5.32 Å². The molecule has 2 aromatic carbocycles. The number of non-ortho nitro benzene ring substituents is 1. The summed E-state index contributed by atoms with van der Waals surface area (Å²) in [6, 6.07) is 14.1. The molecule has 0 spiro atoms. The molecule has 1 aliphatic heterocycles. The van der Waals surface area contributed by atoms with Crippen LogP contribution < -0.4 is 10.2 Å². The molecule has 0 radical (unpaired) electrons. The summed E-state index contributed by atoms with van der Waals surface area (Å²) in [5, 5.41) is 14.0. The van der Waals surface area contributed by atoms with Gasteiger partial charge in [-0.05, 0) is 30.9 Å². The second-order valence-corrected chi connectivity index (χ2v) is 6.17. The number of rotatable bonds is 5. The molecule has 1 aliphatic rings. The summed E-state index contributed by atoms with van der Waals surface area (Å²) in [6.07, 6.45) is 3.32. The first-order valence-electron chi connectivity index (χ1n) is 8.50. The van der Waals surface area contributed by atoms with E-state index in [-0.39, 0.29) is 11.6 Å². The summed E-state index contributed by atoms with van der Waals surface area (Å²) in [4.78, 5) is 25.5. The zero-order valence-electron chi connectivity index (χ0n) is 14.0. The van der Waals surface area contributed by atoms with Crippen LogP contribution in [0.4, 0.5) is 11.4 Å². The maximum Gasteiger partial charge on any atom is 0.270 e. The van der Waals surface area contributed by atoms with E-state index in [1.165, 1.54) is 18.6 Å². The van der Waals surface area contributed by atoms with Crippen LogP contribution in [0.3, 0.4) is 0 Å². The minimum Gasteiger partial charge on any atom is -0.371 e. The fourth-order valence-electron chi connectivity index (χ4n) is 3.10. The molecule has 6 heteroatoms. The number of piperidine rings is 1. The van der Waals surface area contributed by atoms with E-state index in [9.17, 15) is 14.9 Å². The lowest BCUT2D eigenvalue weighted by molar-refractivity contribution is -0.384. The van der Waals surface area contributed by atoms with Crippen LogP contribution in [-0.4, -0.2) is 23.9 Å². The van der Waals surface area contributed by atoms with E-state index in [1.54, 1.807) is 6.07 Å². The van der Waals surface area contributed by atoms with E-state index < -0.39 is 4.92 Å². The van der Waals surface area contributed by atoms with E-state index >= 15 is 0 Å². The highest BCUT2D eigenvalue weighted by molar-refractivity contribution is 6.00. The number of hydrogen-bond acceptors (Lipinski definition) is 4. The molecule has 0 atom stereocenters. The maximum atomic E-state index is 12.7. The van der Waals surface area contributed by atoms with Gasteiger partial charge in [0.15, 0.2) is 0 Å². The number of hydrogen-bond donors (Lipinski definition) is 1. The Bertz CT molecular complexity index is 756. The Morgan fingerprint density at radius 2 is 1.80 bits per heavy atom. The lowest BCUT2D eigenvalue weighted by atomic mass is 10.1. The number of carbonyl (C=O) groups excluding carboxylic acids is 1. The fourth-order valence-corrected chi connectivity index (χ4v) is 3.10. The molecule has 0 aliphatic carbocycles. The first-order chi connectivity index (χ1) is 12.1. The van der Waals surface area contributed by atoms with Crippen molar-refractivity contribution in [1.29, 1.82) is 0 Å². The fraction of sp³-hybridized carbons (Fsp3) is 0.316. The van der Waals surface area contributed by atoms with Crippen LogP contribution in [0, 0.1) is 10.1 Å². The molecule has 1 saturated heterocycles. The van der Waals surface area contributed by atoms with Gasteiger partial charge in [0.1, 0.15) is 0 Å². The molecule has 1 amide bonds. The molecule has 25 heavy (non-hydrogen) atoms. The summed E-state index contributed by atoms with van der Waals surface area (Å²) in [5.41, 5.74) is 2.06. The minimum absolute atomic E-state index is 0.0642. The van der Waals surface area contributed by atoms with Gasteiger partial charge in [-0.3, -0.25) is 14.9 Å². The molecule has 0 aromatic heterocycles. The van der Waals surface area contributed by atoms with Crippen molar-refractivity contribution in [2.45, 2.75) is 25.8 Å². The van der Waals surface area contributed by atoms with Gasteiger partial charge >= 0.3 is 0 Å². The highest BCUT2D eigenvalue weighted by Gasteiger charge is 2.21. The number of nitrogens with one attached hydrogen (secondary N) is 1. The van der Waals surface area contributed by atoms with Crippen LogP contribution >= 0.6 is 0 Å². The van der Waals surface area contributed by atoms with E-state index in [0.29, 0.717) is 12.1 Å². The quantitative estimate of drug-likeness (QED) is 0.668. The van der Waals surface area contributed by atoms with Gasteiger partial charge in [-0.25, -0.2) is 0 Å². The Labute approximate surface area is 146 Å². The van der Waals surface area contributed by atoms with Crippen LogP contribution in [0.5, 0.6) is 0 Å². The molecule has 2 aromatic rings. The molecule has 0 unspecified atom stereocenters. The maximum absolute atomic E-state index is 12.7. The minimum atomic E-state index is -0.464. The molecule has 0 saturated carbocycles. The average Bonchev–Trinajstić information content (AvgIpc) is 2.67. The predicted octanol–water partition coefficient (Wildman–Crippen LogP) is 3.52. The topological polar surface area (TPSA) is 75.5 Å². The number of nitro groups is 1. The second-order valence-electron chi connectivity index (χ2n) is 6.17. The molecule has 1 heterocycles. The SMILES string of the molecule is O=C(NCc1ccccc1)c1cc([N+](=O)[O-])ccc1N1CCCCC1. The van der Waals surface area contributed by atoms with Crippen molar-refractivity contribution in [2.24, 2.45) is 0 Å². The van der Waals surface area contributed by atoms with Crippen LogP contribution in [0.15, 0.2) is 48.5 Å². The molecular formula is C19H21N3O3. The molecule has 3 rings (SSSR count). The Kier molecular flexibility index (Phi) is 5.28. The number of amides is 1. The Morgan fingerprint density at radius 3 is 2.48 bits per heavy atom. The second kappa shape index (κ2) is 7.79. The first kappa shape index (κ1) is 17.0. The van der Waals surface area contributed by atoms with Gasteiger partial charge in [0.05, 0.1) is 16.2 Å². The molecule has 130 valence electrons. The number of nitrogens with zero attached hydrogens (tertiary/aromatic N) is 2. The molecule has 6 nitrogen and oxygen atoms in total. The van der Waals surface area contributed by atoms with Gasteiger partial charge in [0, 0.05) is 31.8 Å². The summed E-state index contributed by atoms with van der Waals surface area (Å²) in [6.45, 7) is 2.13. The van der Waals surface area contributed by atoms with Crippen molar-refractivity contribution in [3.63, 3.8) is 0 Å². The Morgan fingerprint density at radius 1 is 1.08 bits per heavy atom. The van der Waals surface area contributed by atoms with Crippen LogP contribution in [0.1, 0.15) is 35.2 Å². The smallest absolute Gasteiger partial charge is 0.270 e. The Hall–Kier alpha value is -2.89. The van der Waals surface area contributed by atoms with E-state index in [2.05, 4.69) is 10.2 Å². The number of benzene rings is 2. The van der Waals surface area contributed by atoms with Crippen molar-refractivity contribution in [2.75, 3.05) is 18.0 Å². The summed E-state index contributed by atoms with van der Waals surface area (Å²) < 4.78 is 0. The largest absolute Gasteiger partial charge is 0.371 e. The van der Waals surface area contributed by atoms with Gasteiger partial charge in [0.25, 0.3) is 11.6 Å². The average molecular weight is 339 g/mol. The van der Waals surface area contributed by atoms with Crippen LogP contribution in [0.2, 0.25) is 0 Å². The van der Waals surface area contributed by atoms with E-state index in [0.717, 1.165) is 37.2 Å². The molecule has 0 bridgehead atoms. The molecule has 1 fully saturated rings. The van der Waals surface area contributed by atoms with Crippen molar-refractivity contribution in [3.8, 4) is 0 Å². The highest BCUT2D eigenvalue weighted by Crippen LogP contribution is 2.28.